The Hall–Kier alpha value is -0.246. The summed E-state index contributed by atoms with van der Waals surface area (Å²) in [6, 6.07) is 8.90. The van der Waals surface area contributed by atoms with E-state index in [0.717, 1.165) is 11.3 Å². The SMILES string of the molecule is CC(C)c1[c-]cc(N2CCC(O)C2=O)cc1.[Y]. The van der Waals surface area contributed by atoms with Crippen LogP contribution in [-0.4, -0.2) is 23.7 Å². The number of hydrogen-bond donors (Lipinski definition) is 1. The summed E-state index contributed by atoms with van der Waals surface area (Å²) in [4.78, 5) is 13.2. The predicted molar refractivity (Wildman–Crippen MR) is 62.3 cm³/mol. The number of carbonyl (C=O) groups excluding carboxylic acids is 1. The molecule has 17 heavy (non-hydrogen) atoms. The van der Waals surface area contributed by atoms with Crippen molar-refractivity contribution in [2.24, 2.45) is 0 Å². The molecule has 0 aromatic heterocycles. The van der Waals surface area contributed by atoms with Gasteiger partial charge >= 0.3 is 0 Å². The number of benzene rings is 1. The van der Waals surface area contributed by atoms with Crippen molar-refractivity contribution in [3.8, 4) is 0 Å². The van der Waals surface area contributed by atoms with Gasteiger partial charge in [-0.1, -0.05) is 19.5 Å². The van der Waals surface area contributed by atoms with Gasteiger partial charge in [0.25, 0.3) is 0 Å². The summed E-state index contributed by atoms with van der Waals surface area (Å²) in [6.07, 6.45) is -0.310. The molecule has 0 bridgehead atoms. The van der Waals surface area contributed by atoms with Gasteiger partial charge in [0.1, 0.15) is 6.10 Å². The Bertz CT molecular complexity index is 389. The molecular formula is C13H16NO2Y-. The van der Waals surface area contributed by atoms with Gasteiger partial charge < -0.3 is 10.0 Å². The second-order valence-electron chi connectivity index (χ2n) is 4.45. The zero-order valence-corrected chi connectivity index (χ0v) is 13.0. The Labute approximate surface area is 127 Å². The summed E-state index contributed by atoms with van der Waals surface area (Å²) in [6.45, 7) is 4.81. The first-order valence-corrected chi connectivity index (χ1v) is 5.60. The van der Waals surface area contributed by atoms with E-state index in [-0.39, 0.29) is 38.6 Å². The van der Waals surface area contributed by atoms with Crippen molar-refractivity contribution in [2.45, 2.75) is 32.3 Å². The van der Waals surface area contributed by atoms with Crippen LogP contribution in [0.25, 0.3) is 0 Å². The maximum Gasteiger partial charge on any atom is 0.244 e. The summed E-state index contributed by atoms with van der Waals surface area (Å²) in [5, 5.41) is 9.37. The van der Waals surface area contributed by atoms with Gasteiger partial charge in [0, 0.05) is 39.3 Å². The van der Waals surface area contributed by atoms with Crippen LogP contribution < -0.4 is 4.90 Å². The summed E-state index contributed by atoms with van der Waals surface area (Å²) >= 11 is 0. The van der Waals surface area contributed by atoms with Crippen LogP contribution >= 0.6 is 0 Å². The zero-order chi connectivity index (χ0) is 11.7. The van der Waals surface area contributed by atoms with Crippen molar-refractivity contribution < 1.29 is 42.6 Å². The van der Waals surface area contributed by atoms with Crippen LogP contribution in [0.15, 0.2) is 18.2 Å². The Morgan fingerprint density at radius 1 is 1.47 bits per heavy atom. The van der Waals surface area contributed by atoms with Gasteiger partial charge in [-0.2, -0.15) is 23.8 Å². The molecule has 89 valence electrons. The van der Waals surface area contributed by atoms with Crippen LogP contribution in [0.3, 0.4) is 0 Å². The van der Waals surface area contributed by atoms with Crippen LogP contribution in [0.1, 0.15) is 31.7 Å². The molecule has 3 nitrogen and oxygen atoms in total. The van der Waals surface area contributed by atoms with E-state index in [4.69, 9.17) is 0 Å². The van der Waals surface area contributed by atoms with Crippen LogP contribution in [0, 0.1) is 6.07 Å². The number of aliphatic hydroxyl groups is 1. The molecule has 0 spiro atoms. The van der Waals surface area contributed by atoms with Crippen molar-refractivity contribution in [2.75, 3.05) is 11.4 Å². The van der Waals surface area contributed by atoms with Gasteiger partial charge in [0.2, 0.25) is 5.91 Å². The molecule has 1 aliphatic rings. The van der Waals surface area contributed by atoms with E-state index in [9.17, 15) is 9.90 Å². The molecule has 1 N–H and O–H groups in total. The van der Waals surface area contributed by atoms with E-state index in [1.807, 2.05) is 18.2 Å². The number of anilines is 1. The third-order valence-corrected chi connectivity index (χ3v) is 2.93. The van der Waals surface area contributed by atoms with Crippen molar-refractivity contribution in [1.82, 2.24) is 0 Å². The van der Waals surface area contributed by atoms with E-state index in [1.165, 1.54) is 0 Å². The van der Waals surface area contributed by atoms with Gasteiger partial charge in [-0.3, -0.25) is 4.79 Å². The molecule has 4 heteroatoms. The molecule has 1 aromatic rings. The van der Waals surface area contributed by atoms with Gasteiger partial charge in [-0.25, -0.2) is 0 Å². The second kappa shape index (κ2) is 6.08. The quantitative estimate of drug-likeness (QED) is 0.845. The van der Waals surface area contributed by atoms with E-state index < -0.39 is 6.10 Å². The minimum absolute atomic E-state index is 0. The molecule has 1 aromatic carbocycles. The summed E-state index contributed by atoms with van der Waals surface area (Å²) in [5.74, 6) is 0.236. The van der Waals surface area contributed by atoms with E-state index in [1.54, 1.807) is 4.90 Å². The number of rotatable bonds is 2. The van der Waals surface area contributed by atoms with E-state index in [0.29, 0.717) is 18.9 Å². The average Bonchev–Trinajstić information content (AvgIpc) is 2.60. The number of amides is 1. The molecule has 1 aliphatic heterocycles. The first-order chi connectivity index (χ1) is 7.59. The standard InChI is InChI=1S/C13H16NO2.Y/c1-9(2)10-3-5-11(6-4-10)14-8-7-12(15)13(14)16;/h3,5-6,9,12,15H,7-8H2,1-2H3;/q-1;. The molecule has 0 saturated carbocycles. The Kier molecular flexibility index (Phi) is 5.30. The molecule has 1 unspecified atom stereocenters. The fourth-order valence-corrected chi connectivity index (χ4v) is 1.88. The maximum atomic E-state index is 11.6. The molecule has 0 aliphatic carbocycles. The second-order valence-corrected chi connectivity index (χ2v) is 4.45. The van der Waals surface area contributed by atoms with Crippen molar-refractivity contribution in [3.63, 3.8) is 0 Å². The average molecular weight is 307 g/mol. The largest absolute Gasteiger partial charge is 0.383 e. The van der Waals surface area contributed by atoms with Crippen molar-refractivity contribution in [3.05, 3.63) is 29.8 Å². The number of aliphatic hydroxyl groups excluding tert-OH is 1. The van der Waals surface area contributed by atoms with Crippen LogP contribution in [0.5, 0.6) is 0 Å². The summed E-state index contributed by atoms with van der Waals surface area (Å²) < 4.78 is 0. The first-order valence-electron chi connectivity index (χ1n) is 5.60. The van der Waals surface area contributed by atoms with Crippen LogP contribution in [0.4, 0.5) is 5.69 Å². The molecule has 1 radical (unpaired) electrons. The Morgan fingerprint density at radius 3 is 2.59 bits per heavy atom. The summed E-state index contributed by atoms with van der Waals surface area (Å²) in [7, 11) is 0. The fourth-order valence-electron chi connectivity index (χ4n) is 1.88. The van der Waals surface area contributed by atoms with Crippen LogP contribution in [-0.2, 0) is 37.5 Å². The number of carbonyl (C=O) groups is 1. The molecule has 1 saturated heterocycles. The monoisotopic (exact) mass is 307 g/mol. The smallest absolute Gasteiger partial charge is 0.244 e. The van der Waals surface area contributed by atoms with E-state index >= 15 is 0 Å². The van der Waals surface area contributed by atoms with Crippen LogP contribution in [0.2, 0.25) is 0 Å². The van der Waals surface area contributed by atoms with Gasteiger partial charge in [0.15, 0.2) is 0 Å². The van der Waals surface area contributed by atoms with Gasteiger partial charge in [-0.05, 0) is 12.3 Å². The van der Waals surface area contributed by atoms with Gasteiger partial charge in [-0.15, -0.1) is 6.07 Å². The molecule has 2 rings (SSSR count). The maximum absolute atomic E-state index is 11.6. The van der Waals surface area contributed by atoms with Gasteiger partial charge in [0.05, 0.1) is 0 Å². The minimum Gasteiger partial charge on any atom is -0.383 e. The normalized spacial score (nSPS) is 19.6. The molecule has 1 heterocycles. The minimum atomic E-state index is -0.829. The molecule has 1 amide bonds. The third-order valence-electron chi connectivity index (χ3n) is 2.93. The topological polar surface area (TPSA) is 40.5 Å². The number of nitrogens with zero attached hydrogens (tertiary/aromatic N) is 1. The first kappa shape index (κ1) is 14.8. The zero-order valence-electron chi connectivity index (χ0n) is 10.2. The molecular weight excluding hydrogens is 291 g/mol. The number of hydrogen-bond acceptors (Lipinski definition) is 2. The third kappa shape index (κ3) is 3.15. The van der Waals surface area contributed by atoms with Crippen molar-refractivity contribution in [1.29, 1.82) is 0 Å². The van der Waals surface area contributed by atoms with E-state index in [2.05, 4.69) is 19.9 Å². The Morgan fingerprint density at radius 2 is 2.18 bits per heavy atom. The summed E-state index contributed by atoms with van der Waals surface area (Å²) in [5.41, 5.74) is 1.96. The molecule has 1 atom stereocenters. The van der Waals surface area contributed by atoms with Crippen molar-refractivity contribution >= 4 is 11.6 Å². The predicted octanol–water partition coefficient (Wildman–Crippen LogP) is 1.71. The molecule has 1 fully saturated rings. The fraction of sp³-hybridized carbons (Fsp3) is 0.462. The Balaban J connectivity index is 0.00000144.